The minimum atomic E-state index is -0.372. The summed E-state index contributed by atoms with van der Waals surface area (Å²) in [6, 6.07) is 15.7. The van der Waals surface area contributed by atoms with Gasteiger partial charge in [-0.3, -0.25) is 14.2 Å². The van der Waals surface area contributed by atoms with Crippen molar-refractivity contribution in [1.29, 1.82) is 0 Å². The van der Waals surface area contributed by atoms with E-state index < -0.39 is 0 Å². The van der Waals surface area contributed by atoms with Gasteiger partial charge in [-0.1, -0.05) is 48.0 Å². The third-order valence-corrected chi connectivity index (χ3v) is 6.02. The topological polar surface area (TPSA) is 77.6 Å². The lowest BCUT2D eigenvalue weighted by Crippen LogP contribution is -2.14. The monoisotopic (exact) mass is 488 g/mol. The Morgan fingerprint density at radius 2 is 1.83 bits per heavy atom. The summed E-state index contributed by atoms with van der Waals surface area (Å²) in [5, 5.41) is 12.6. The van der Waals surface area contributed by atoms with Crippen LogP contribution in [0, 0.1) is 12.7 Å². The summed E-state index contributed by atoms with van der Waals surface area (Å²) in [6.45, 7) is 4.85. The molecule has 5 rings (SSSR count). The second-order valence-corrected chi connectivity index (χ2v) is 8.53. The van der Waals surface area contributed by atoms with E-state index in [0.717, 1.165) is 17.8 Å². The van der Waals surface area contributed by atoms with E-state index in [9.17, 15) is 9.18 Å². The Bertz CT molecular complexity index is 1560. The van der Waals surface area contributed by atoms with Gasteiger partial charge in [-0.05, 0) is 32.0 Å². The van der Waals surface area contributed by atoms with Crippen molar-refractivity contribution in [2.45, 2.75) is 26.9 Å². The Morgan fingerprint density at radius 3 is 2.60 bits per heavy atom. The van der Waals surface area contributed by atoms with Gasteiger partial charge >= 0.3 is 0 Å². The number of aromatic nitrogens is 5. The molecule has 0 unspecified atom stereocenters. The summed E-state index contributed by atoms with van der Waals surface area (Å²) in [4.78, 5) is 18.2. The molecule has 1 amide bonds. The molecular formula is C26H22ClFN6O. The quantitative estimate of drug-likeness (QED) is 0.332. The molecule has 5 aromatic rings. The fraction of sp³-hybridized carbons (Fsp3) is 0.154. The van der Waals surface area contributed by atoms with Crippen molar-refractivity contribution in [3.8, 4) is 11.3 Å². The molecule has 0 aliphatic rings. The first kappa shape index (κ1) is 22.7. The molecule has 0 saturated heterocycles. The molecule has 0 spiro atoms. The van der Waals surface area contributed by atoms with Gasteiger partial charge in [0.15, 0.2) is 5.82 Å². The Balaban J connectivity index is 1.49. The van der Waals surface area contributed by atoms with Gasteiger partial charge in [-0.2, -0.15) is 10.2 Å². The summed E-state index contributed by atoms with van der Waals surface area (Å²) in [5.41, 5.74) is 3.94. The maximum absolute atomic E-state index is 14.0. The maximum Gasteiger partial charge on any atom is 0.257 e. The lowest BCUT2D eigenvalue weighted by atomic mass is 10.0. The van der Waals surface area contributed by atoms with Gasteiger partial charge in [0, 0.05) is 35.5 Å². The molecule has 0 bridgehead atoms. The molecule has 0 aliphatic heterocycles. The number of nitrogens with zero attached hydrogens (tertiary/aromatic N) is 5. The van der Waals surface area contributed by atoms with E-state index in [-0.39, 0.29) is 29.1 Å². The summed E-state index contributed by atoms with van der Waals surface area (Å²) < 4.78 is 17.4. The van der Waals surface area contributed by atoms with Gasteiger partial charge in [0.1, 0.15) is 10.8 Å². The molecule has 0 atom stereocenters. The molecule has 3 heterocycles. The van der Waals surface area contributed by atoms with Crippen LogP contribution in [0.15, 0.2) is 67.0 Å². The van der Waals surface area contributed by atoms with Gasteiger partial charge in [-0.15, -0.1) is 0 Å². The zero-order valence-electron chi connectivity index (χ0n) is 19.2. The minimum Gasteiger partial charge on any atom is -0.304 e. The Morgan fingerprint density at radius 1 is 1.06 bits per heavy atom. The zero-order chi connectivity index (χ0) is 24.5. The van der Waals surface area contributed by atoms with E-state index >= 15 is 0 Å². The molecule has 7 nitrogen and oxygen atoms in total. The summed E-state index contributed by atoms with van der Waals surface area (Å²) >= 11 is 6.35. The zero-order valence-corrected chi connectivity index (χ0v) is 19.9. The van der Waals surface area contributed by atoms with Crippen molar-refractivity contribution in [2.24, 2.45) is 0 Å². The van der Waals surface area contributed by atoms with Crippen LogP contribution in [0.2, 0.25) is 5.02 Å². The van der Waals surface area contributed by atoms with Crippen LogP contribution in [0.4, 0.5) is 10.2 Å². The molecule has 0 radical (unpaired) electrons. The number of carbonyl (C=O) groups excluding carboxylic acids is 1. The van der Waals surface area contributed by atoms with Gasteiger partial charge < -0.3 is 5.32 Å². The van der Waals surface area contributed by atoms with Crippen LogP contribution < -0.4 is 5.32 Å². The SMILES string of the molecule is CCn1cc(-c2cc(C(=O)Nc3nn(Cc4ccccc4F)cc3Cl)c3ccccc3n2)c(C)n1. The lowest BCUT2D eigenvalue weighted by Gasteiger charge is -2.09. The fourth-order valence-corrected chi connectivity index (χ4v) is 4.17. The van der Waals surface area contributed by atoms with Crippen molar-refractivity contribution in [1.82, 2.24) is 24.5 Å². The maximum atomic E-state index is 14.0. The van der Waals surface area contributed by atoms with E-state index in [1.807, 2.05) is 49.0 Å². The van der Waals surface area contributed by atoms with E-state index in [1.54, 1.807) is 30.5 Å². The number of anilines is 1. The second-order valence-electron chi connectivity index (χ2n) is 8.12. The number of halogens is 2. The number of hydrogen-bond donors (Lipinski definition) is 1. The largest absolute Gasteiger partial charge is 0.304 e. The van der Waals surface area contributed by atoms with Crippen LogP contribution in [0.3, 0.4) is 0 Å². The van der Waals surface area contributed by atoms with Crippen molar-refractivity contribution < 1.29 is 9.18 Å². The fourth-order valence-electron chi connectivity index (χ4n) is 3.97. The van der Waals surface area contributed by atoms with Gasteiger partial charge in [0.05, 0.1) is 29.0 Å². The minimum absolute atomic E-state index is 0.186. The molecule has 1 N–H and O–H groups in total. The van der Waals surface area contributed by atoms with Crippen LogP contribution in [-0.2, 0) is 13.1 Å². The second kappa shape index (κ2) is 9.31. The summed E-state index contributed by atoms with van der Waals surface area (Å²) in [7, 11) is 0. The van der Waals surface area contributed by atoms with Crippen molar-refractivity contribution in [3.63, 3.8) is 0 Å². The molecule has 176 valence electrons. The predicted molar refractivity (Wildman–Crippen MR) is 134 cm³/mol. The Labute approximate surface area is 206 Å². The van der Waals surface area contributed by atoms with E-state index in [0.29, 0.717) is 27.7 Å². The number of rotatable bonds is 6. The smallest absolute Gasteiger partial charge is 0.257 e. The third-order valence-electron chi connectivity index (χ3n) is 5.75. The van der Waals surface area contributed by atoms with Crippen LogP contribution in [0.25, 0.3) is 22.2 Å². The van der Waals surface area contributed by atoms with Crippen LogP contribution in [0.5, 0.6) is 0 Å². The third kappa shape index (κ3) is 4.52. The van der Waals surface area contributed by atoms with Crippen LogP contribution >= 0.6 is 11.6 Å². The van der Waals surface area contributed by atoms with Crippen molar-refractivity contribution in [3.05, 3.63) is 94.7 Å². The first-order chi connectivity index (χ1) is 16.9. The normalized spacial score (nSPS) is 11.2. The number of fused-ring (bicyclic) bond motifs is 1. The van der Waals surface area contributed by atoms with E-state index in [2.05, 4.69) is 15.5 Å². The first-order valence-corrected chi connectivity index (χ1v) is 11.5. The van der Waals surface area contributed by atoms with Gasteiger partial charge in [0.2, 0.25) is 0 Å². The number of hydrogen-bond acceptors (Lipinski definition) is 4. The molecular weight excluding hydrogens is 467 g/mol. The van der Waals surface area contributed by atoms with Crippen molar-refractivity contribution in [2.75, 3.05) is 5.32 Å². The highest BCUT2D eigenvalue weighted by Crippen LogP contribution is 2.28. The average molecular weight is 489 g/mol. The number of aryl methyl sites for hydroxylation is 2. The predicted octanol–water partition coefficient (Wildman–Crippen LogP) is 5.72. The number of para-hydroxylation sites is 1. The molecule has 0 fully saturated rings. The Hall–Kier alpha value is -4.04. The highest BCUT2D eigenvalue weighted by molar-refractivity contribution is 6.33. The van der Waals surface area contributed by atoms with Gasteiger partial charge in [0.25, 0.3) is 5.91 Å². The molecule has 35 heavy (non-hydrogen) atoms. The number of carbonyl (C=O) groups is 1. The van der Waals surface area contributed by atoms with Crippen molar-refractivity contribution >= 4 is 34.2 Å². The number of nitrogens with one attached hydrogen (secondary N) is 1. The molecule has 3 aromatic heterocycles. The number of pyridine rings is 1. The molecule has 0 aliphatic carbocycles. The molecule has 2 aromatic carbocycles. The summed E-state index contributed by atoms with van der Waals surface area (Å²) in [6.07, 6.45) is 3.48. The standard InChI is InChI=1S/C26H22ClFN6O/c1-3-33-14-20(16(2)31-33)24-12-19(18-9-5-7-11-23(18)29-24)26(35)30-25-21(27)15-34(32-25)13-17-8-4-6-10-22(17)28/h4-12,14-15H,3,13H2,1-2H3,(H,30,32,35). The Kier molecular flexibility index (Phi) is 6.05. The lowest BCUT2D eigenvalue weighted by molar-refractivity contribution is 0.102. The molecule has 9 heteroatoms. The molecule has 0 saturated carbocycles. The number of amides is 1. The van der Waals surface area contributed by atoms with Crippen LogP contribution in [0.1, 0.15) is 28.5 Å². The first-order valence-electron chi connectivity index (χ1n) is 11.1. The summed E-state index contributed by atoms with van der Waals surface area (Å²) in [5.74, 6) is -0.504. The van der Waals surface area contributed by atoms with Crippen LogP contribution in [-0.4, -0.2) is 30.5 Å². The average Bonchev–Trinajstić information content (AvgIpc) is 3.41. The highest BCUT2D eigenvalue weighted by atomic mass is 35.5. The van der Waals surface area contributed by atoms with E-state index in [4.69, 9.17) is 16.6 Å². The van der Waals surface area contributed by atoms with E-state index in [1.165, 1.54) is 10.7 Å². The number of benzene rings is 2. The highest BCUT2D eigenvalue weighted by Gasteiger charge is 2.19. The van der Waals surface area contributed by atoms with Gasteiger partial charge in [-0.25, -0.2) is 9.37 Å².